The first-order chi connectivity index (χ1) is 56.8. The number of ether oxygens (including phenoxy) is 4. The van der Waals surface area contributed by atoms with Crippen LogP contribution in [-0.4, -0.2) is 164 Å². The number of aryl methyl sites for hydroxylation is 1. The van der Waals surface area contributed by atoms with E-state index in [9.17, 15) is 24.0 Å². The van der Waals surface area contributed by atoms with Gasteiger partial charge in [0.2, 0.25) is 35.4 Å². The predicted molar refractivity (Wildman–Crippen MR) is 470 cm³/mol. The molecule has 2 heterocycles. The molecule has 658 valence electrons. The zero-order valence-corrected chi connectivity index (χ0v) is 75.0. The number of nitrogens with one attached hydrogen (secondary N) is 5. The lowest BCUT2D eigenvalue weighted by atomic mass is 9.89. The van der Waals surface area contributed by atoms with Crippen molar-refractivity contribution >= 4 is 97.9 Å². The number of amides is 6. The number of ketones is 5. The fourth-order valence-corrected chi connectivity index (χ4v) is 17.2. The molecule has 2 aliphatic heterocycles. The van der Waals surface area contributed by atoms with Crippen molar-refractivity contribution in [3.63, 3.8) is 0 Å². The Morgan fingerprint density at radius 1 is 0.587 bits per heavy atom. The van der Waals surface area contributed by atoms with Gasteiger partial charge in [-0.05, 0) is 192 Å². The van der Waals surface area contributed by atoms with E-state index in [1.807, 2.05) is 108 Å². The van der Waals surface area contributed by atoms with Gasteiger partial charge in [0.15, 0.2) is 28.9 Å². The molecule has 0 radical (unpaired) electrons. The number of rotatable bonds is 29. The van der Waals surface area contributed by atoms with Gasteiger partial charge in [-0.25, -0.2) is 0 Å². The van der Waals surface area contributed by atoms with Crippen LogP contribution in [0, 0.1) is 36.5 Å². The van der Waals surface area contributed by atoms with E-state index < -0.39 is 216 Å². The molecule has 0 spiro atoms. The highest BCUT2D eigenvalue weighted by atomic mass is 33.1. The number of hydrogen-bond acceptors (Lipinski definition) is 21. The van der Waals surface area contributed by atoms with E-state index in [1.54, 1.807) is 130 Å². The number of nitrogens with zero attached hydrogens (tertiary/aromatic N) is 1. The van der Waals surface area contributed by atoms with Crippen LogP contribution in [0.2, 0.25) is 0 Å². The average Bonchev–Trinajstić information content (AvgIpc) is 1.65. The Bertz CT molecular complexity index is 4380. The quantitative estimate of drug-likeness (QED) is 0.0173. The van der Waals surface area contributed by atoms with Crippen molar-refractivity contribution < 1.29 is 81.3 Å². The lowest BCUT2D eigenvalue weighted by molar-refractivity contribution is -0.158. The number of esters is 2. The number of hydrogen-bond donors (Lipinski definition) is 7. The summed E-state index contributed by atoms with van der Waals surface area (Å²) in [5.41, 5.74) is 14.8. The average molecular weight is 1710 g/mol. The Labute approximate surface area is 721 Å². The van der Waals surface area contributed by atoms with Gasteiger partial charge in [0.05, 0.1) is 72.5 Å². The summed E-state index contributed by atoms with van der Waals surface area (Å²) in [4.78, 5) is 197. The molecule has 5 aromatic carbocycles. The largest absolute Gasteiger partial charge is 0.488 e. The molecule has 27 heteroatoms. The third-order valence-corrected chi connectivity index (χ3v) is 23.0. The number of carbonyl (C=O) groups is 13. The summed E-state index contributed by atoms with van der Waals surface area (Å²) in [7, 11) is 2.06. The summed E-state index contributed by atoms with van der Waals surface area (Å²) in [6, 6.07) is 30.4. The molecule has 7 rings (SSSR count). The molecule has 0 aromatic heterocycles. The van der Waals surface area contributed by atoms with Gasteiger partial charge >= 0.3 is 11.9 Å². The number of nitrogens with two attached hydrogens (primary N) is 2. The Hall–Kier alpha value is -9.41. The zero-order valence-electron chi connectivity index (χ0n) is 73.3. The molecule has 2 saturated heterocycles. The van der Waals surface area contributed by atoms with Crippen molar-refractivity contribution in [1.29, 1.82) is 0 Å². The lowest BCUT2D eigenvalue weighted by Gasteiger charge is -2.31. The van der Waals surface area contributed by atoms with Crippen LogP contribution in [0.25, 0.3) is 11.1 Å². The molecular formula is C94H128N8O17S2. The first-order valence-corrected chi connectivity index (χ1v) is 44.6. The first-order valence-electron chi connectivity index (χ1n) is 42.1. The van der Waals surface area contributed by atoms with Crippen molar-refractivity contribution in [2.45, 2.75) is 279 Å². The summed E-state index contributed by atoms with van der Waals surface area (Å²) in [5, 5.41) is 14.4. The third-order valence-electron chi connectivity index (χ3n) is 20.4. The van der Waals surface area contributed by atoms with Crippen LogP contribution < -0.4 is 42.8 Å². The molecule has 121 heavy (non-hydrogen) atoms. The van der Waals surface area contributed by atoms with Crippen LogP contribution in [0.3, 0.4) is 0 Å². The van der Waals surface area contributed by atoms with E-state index in [0.29, 0.717) is 40.8 Å². The summed E-state index contributed by atoms with van der Waals surface area (Å²) in [5.74, 6) is -14.5. The summed E-state index contributed by atoms with van der Waals surface area (Å²) < 4.78 is 24.0. The van der Waals surface area contributed by atoms with Gasteiger partial charge in [-0.3, -0.25) is 62.3 Å². The van der Waals surface area contributed by atoms with E-state index in [0.717, 1.165) is 43.8 Å². The Kier molecular flexibility index (Phi) is 37.2. The van der Waals surface area contributed by atoms with Crippen LogP contribution in [0.5, 0.6) is 5.75 Å². The van der Waals surface area contributed by atoms with Gasteiger partial charge < -0.3 is 61.9 Å². The molecule has 2 aliphatic rings. The zero-order chi connectivity index (χ0) is 89.3. The summed E-state index contributed by atoms with van der Waals surface area (Å²) in [6.07, 6.45) is -5.00. The van der Waals surface area contributed by atoms with Crippen molar-refractivity contribution in [1.82, 2.24) is 31.5 Å². The maximum atomic E-state index is 15.9. The number of carbonyl (C=O) groups excluding carboxylic acids is 13. The minimum atomic E-state index is -1.70. The fraction of sp³-hybridized carbons (Fsp3) is 0.543. The topological polar surface area (TPSA) is 374 Å². The molecule has 2 fully saturated rings. The van der Waals surface area contributed by atoms with Gasteiger partial charge in [0, 0.05) is 75.6 Å². The van der Waals surface area contributed by atoms with Gasteiger partial charge in [-0.1, -0.05) is 156 Å². The SMILES string of the molecule is Cc1ccc(C[C@@H]2NC(=O)[C@H](Cc3ccc(OC(C)(C)C)cc3)CC(=O)[C@H](CC(=O)OC(C)(C)C)NC(=O)[C@@H](CC(=O)[C@@H]3CCCN3C(=O)[C@@H](N)CC(C)C)CSSC[C@@H](C(=O)N[C@@H](Cc3ccc(-c4ccccc4)cc3)C(=O)C[C@@H](CC(=O)OC(C)(C)C)C(=O)NCc3cccc(CN)c3)CC(=O)[C@H](C(C)OC(C)(C)C)NC(=O)CCC2=O)cc1. The van der Waals surface area contributed by atoms with Gasteiger partial charge in [0.1, 0.15) is 28.6 Å². The highest BCUT2D eigenvalue weighted by molar-refractivity contribution is 8.76. The molecule has 0 aliphatic carbocycles. The van der Waals surface area contributed by atoms with Crippen LogP contribution in [0.4, 0.5) is 0 Å². The molecule has 0 saturated carbocycles. The number of benzene rings is 5. The van der Waals surface area contributed by atoms with Crippen LogP contribution in [0.15, 0.2) is 127 Å². The minimum absolute atomic E-state index is 0.00865. The second-order valence-corrected chi connectivity index (χ2v) is 39.0. The van der Waals surface area contributed by atoms with Crippen molar-refractivity contribution in [2.24, 2.45) is 41.1 Å². The van der Waals surface area contributed by atoms with Gasteiger partial charge in [0.25, 0.3) is 0 Å². The molecular weight excluding hydrogens is 1580 g/mol. The van der Waals surface area contributed by atoms with Gasteiger partial charge in [-0.2, -0.15) is 0 Å². The Balaban J connectivity index is 1.36. The normalized spacial score (nSPS) is 20.4. The fourth-order valence-electron chi connectivity index (χ4n) is 14.6. The van der Waals surface area contributed by atoms with Crippen LogP contribution in [-0.2, 0) is 109 Å². The molecule has 9 N–H and O–H groups in total. The van der Waals surface area contributed by atoms with E-state index in [1.165, 1.54) is 4.90 Å². The van der Waals surface area contributed by atoms with E-state index in [4.69, 9.17) is 30.4 Å². The van der Waals surface area contributed by atoms with Gasteiger partial charge in [-0.15, -0.1) is 0 Å². The lowest BCUT2D eigenvalue weighted by Crippen LogP contribution is -2.52. The standard InChI is InChI=1S/C94H128N8O17S2/c1-57(2)42-72(96)90(115)102-41-21-26-76(102)80(106)49-69-55-120-121-56-70(89(114)99-74(46-62-31-35-66(36-32-62)65-24-18-17-19-25-65)78(104)48-68(51-83(109)118-93(11,12)13)86(111)97-54-64-23-20-22-63(43-64)53-95)50-81(107)85(59(4)116-91(5,6)7)101-82(108)40-39-77(103)73(45-61-29-27-58(3)28-30-61)98-87(112)67(44-60-33-37-71(38-34-60)117-92(8,9)10)47-79(105)75(100-88(69)113)52-84(110)119-94(14,15)16/h17-20,22-25,27-38,43,57,59,67-70,72-76,85H,21,26,39-42,44-56,95-96H2,1-16H3,(H,97,111)(H,98,112)(H,99,114)(H,100,113)(H,101,108)/t59?,67-,68+,69+,70+,72+,73+,74+,75+,76+,85+/m1/s1. The minimum Gasteiger partial charge on any atom is -0.488 e. The monoisotopic (exact) mass is 1700 g/mol. The van der Waals surface area contributed by atoms with E-state index in [-0.39, 0.29) is 62.7 Å². The highest BCUT2D eigenvalue weighted by Crippen LogP contribution is 2.34. The highest BCUT2D eigenvalue weighted by Gasteiger charge is 2.42. The van der Waals surface area contributed by atoms with E-state index >= 15 is 38.4 Å². The Morgan fingerprint density at radius 3 is 1.81 bits per heavy atom. The molecule has 0 bridgehead atoms. The Morgan fingerprint density at radius 2 is 1.18 bits per heavy atom. The smallest absolute Gasteiger partial charge is 0.308 e. The van der Waals surface area contributed by atoms with E-state index in [2.05, 4.69) is 26.6 Å². The molecule has 6 amide bonds. The maximum Gasteiger partial charge on any atom is 0.308 e. The van der Waals surface area contributed by atoms with Crippen molar-refractivity contribution in [2.75, 3.05) is 18.1 Å². The van der Waals surface area contributed by atoms with Crippen LogP contribution in [0.1, 0.15) is 208 Å². The maximum absolute atomic E-state index is 15.9. The molecule has 25 nitrogen and oxygen atoms in total. The number of Topliss-reactive ketones (excluding diaryl/α,β-unsaturated/α-hetero) is 5. The van der Waals surface area contributed by atoms with Crippen molar-refractivity contribution in [3.8, 4) is 16.9 Å². The molecule has 5 aromatic rings. The third kappa shape index (κ3) is 34.1. The van der Waals surface area contributed by atoms with Crippen LogP contribution >= 0.6 is 21.6 Å². The van der Waals surface area contributed by atoms with Crippen molar-refractivity contribution in [3.05, 3.63) is 161 Å². The predicted octanol–water partition coefficient (Wildman–Crippen LogP) is 11.7. The molecule has 11 atom stereocenters. The second kappa shape index (κ2) is 45.6. The summed E-state index contributed by atoms with van der Waals surface area (Å²) in [6.45, 7) is 28.6. The number of likely N-dealkylation sites (tertiary alicyclic amines) is 1. The summed E-state index contributed by atoms with van der Waals surface area (Å²) >= 11 is 0. The first kappa shape index (κ1) is 98.7. The molecule has 1 unspecified atom stereocenters. The second-order valence-electron chi connectivity index (χ2n) is 36.4.